The average Bonchev–Trinajstić information content (AvgIpc) is 2.68. The molecule has 5 nitrogen and oxygen atoms in total. The van der Waals surface area contributed by atoms with E-state index < -0.39 is 0 Å². The lowest BCUT2D eigenvalue weighted by molar-refractivity contribution is 0.240. The van der Waals surface area contributed by atoms with Crippen molar-refractivity contribution in [3.05, 3.63) is 59.9 Å². The van der Waals surface area contributed by atoms with Crippen LogP contribution in [0.1, 0.15) is 30.5 Å². The molecule has 0 atom stereocenters. The first-order valence-corrected chi connectivity index (χ1v) is 9.07. The van der Waals surface area contributed by atoms with E-state index in [9.17, 15) is 4.79 Å². The van der Waals surface area contributed by atoms with E-state index in [1.807, 2.05) is 24.3 Å². The van der Waals surface area contributed by atoms with Crippen LogP contribution in [0.5, 0.6) is 0 Å². The molecule has 1 fully saturated rings. The van der Waals surface area contributed by atoms with Gasteiger partial charge in [0.05, 0.1) is 0 Å². The molecule has 2 heterocycles. The quantitative estimate of drug-likeness (QED) is 0.851. The molecule has 0 saturated carbocycles. The summed E-state index contributed by atoms with van der Waals surface area (Å²) in [7, 11) is 0. The Hall–Kier alpha value is -2.56. The third-order valence-corrected chi connectivity index (χ3v) is 4.52. The van der Waals surface area contributed by atoms with Gasteiger partial charge in [0, 0.05) is 50.2 Å². The fraction of sp³-hybridized carbons (Fsp3) is 0.400. The van der Waals surface area contributed by atoms with Crippen molar-refractivity contribution in [3.63, 3.8) is 0 Å². The van der Waals surface area contributed by atoms with Crippen LogP contribution in [0.25, 0.3) is 0 Å². The summed E-state index contributed by atoms with van der Waals surface area (Å²) < 4.78 is 0. The minimum Gasteiger partial charge on any atom is -0.371 e. The fourth-order valence-electron chi connectivity index (χ4n) is 3.19. The van der Waals surface area contributed by atoms with E-state index in [0.29, 0.717) is 13.1 Å². The van der Waals surface area contributed by atoms with Crippen LogP contribution in [-0.4, -0.2) is 30.6 Å². The predicted octanol–water partition coefficient (Wildman–Crippen LogP) is 3.11. The van der Waals surface area contributed by atoms with E-state index in [4.69, 9.17) is 0 Å². The number of aromatic nitrogens is 1. The second kappa shape index (κ2) is 9.06. The number of amides is 2. The van der Waals surface area contributed by atoms with Gasteiger partial charge in [-0.15, -0.1) is 0 Å². The largest absolute Gasteiger partial charge is 0.371 e. The minimum absolute atomic E-state index is 0.135. The number of piperidine rings is 1. The zero-order valence-electron chi connectivity index (χ0n) is 14.6. The normalized spacial score (nSPS) is 14.2. The number of urea groups is 1. The standard InChI is InChI=1S/C20H26N4O/c25-20(22-13-11-18-9-4-5-12-21-18)23-16-17-8-2-3-10-19(17)24-14-6-1-7-15-24/h2-5,8-10,12H,1,6-7,11,13-16H2,(H2,22,23,25). The zero-order valence-corrected chi connectivity index (χ0v) is 14.6. The summed E-state index contributed by atoms with van der Waals surface area (Å²) in [5, 5.41) is 5.86. The highest BCUT2D eigenvalue weighted by Crippen LogP contribution is 2.23. The summed E-state index contributed by atoms with van der Waals surface area (Å²) in [4.78, 5) is 18.7. The second-order valence-electron chi connectivity index (χ2n) is 6.36. The van der Waals surface area contributed by atoms with Crippen molar-refractivity contribution in [3.8, 4) is 0 Å². The number of nitrogens with one attached hydrogen (secondary N) is 2. The Kier molecular flexibility index (Phi) is 6.26. The number of hydrogen-bond acceptors (Lipinski definition) is 3. The number of pyridine rings is 1. The highest BCUT2D eigenvalue weighted by atomic mass is 16.2. The second-order valence-corrected chi connectivity index (χ2v) is 6.36. The van der Waals surface area contributed by atoms with Crippen LogP contribution in [-0.2, 0) is 13.0 Å². The Morgan fingerprint density at radius 3 is 2.60 bits per heavy atom. The molecule has 1 aromatic carbocycles. The van der Waals surface area contributed by atoms with E-state index in [2.05, 4.69) is 38.7 Å². The van der Waals surface area contributed by atoms with Gasteiger partial charge >= 0.3 is 6.03 Å². The van der Waals surface area contributed by atoms with Gasteiger partial charge in [-0.25, -0.2) is 4.79 Å². The maximum Gasteiger partial charge on any atom is 0.315 e. The summed E-state index contributed by atoms with van der Waals surface area (Å²) in [5.74, 6) is 0. The number of carbonyl (C=O) groups excluding carboxylic acids is 1. The number of benzene rings is 1. The summed E-state index contributed by atoms with van der Waals surface area (Å²) in [5.41, 5.74) is 3.40. The van der Waals surface area contributed by atoms with E-state index >= 15 is 0 Å². The molecule has 5 heteroatoms. The maximum atomic E-state index is 12.0. The van der Waals surface area contributed by atoms with E-state index in [-0.39, 0.29) is 6.03 Å². The first-order valence-electron chi connectivity index (χ1n) is 9.07. The number of rotatable bonds is 6. The molecule has 0 aliphatic carbocycles. The van der Waals surface area contributed by atoms with Crippen LogP contribution < -0.4 is 15.5 Å². The number of para-hydroxylation sites is 1. The molecule has 0 radical (unpaired) electrons. The van der Waals surface area contributed by atoms with Gasteiger partial charge in [-0.3, -0.25) is 4.98 Å². The minimum atomic E-state index is -0.135. The van der Waals surface area contributed by atoms with Crippen LogP contribution in [0.4, 0.5) is 10.5 Å². The van der Waals surface area contributed by atoms with Crippen molar-refractivity contribution >= 4 is 11.7 Å². The molecule has 1 saturated heterocycles. The molecule has 0 bridgehead atoms. The summed E-state index contributed by atoms with van der Waals surface area (Å²) in [6.45, 7) is 3.33. The van der Waals surface area contributed by atoms with E-state index in [1.165, 1.54) is 30.5 Å². The molecule has 0 unspecified atom stereocenters. The smallest absolute Gasteiger partial charge is 0.315 e. The van der Waals surface area contributed by atoms with E-state index in [1.54, 1.807) is 6.20 Å². The summed E-state index contributed by atoms with van der Waals surface area (Å²) >= 11 is 0. The molecule has 3 rings (SSSR count). The molecular weight excluding hydrogens is 312 g/mol. The SMILES string of the molecule is O=C(NCCc1ccccn1)NCc1ccccc1N1CCCCC1. The zero-order chi connectivity index (χ0) is 17.3. The van der Waals surface area contributed by atoms with Gasteiger partial charge in [-0.2, -0.15) is 0 Å². The van der Waals surface area contributed by atoms with Gasteiger partial charge in [0.15, 0.2) is 0 Å². The topological polar surface area (TPSA) is 57.3 Å². The fourth-order valence-corrected chi connectivity index (χ4v) is 3.19. The first kappa shape index (κ1) is 17.3. The van der Waals surface area contributed by atoms with Crippen LogP contribution in [0.3, 0.4) is 0 Å². The van der Waals surface area contributed by atoms with Crippen molar-refractivity contribution in [2.24, 2.45) is 0 Å². The van der Waals surface area contributed by atoms with Gasteiger partial charge in [0.2, 0.25) is 0 Å². The predicted molar refractivity (Wildman–Crippen MR) is 101 cm³/mol. The Morgan fingerprint density at radius 2 is 1.80 bits per heavy atom. The molecule has 0 spiro atoms. The lowest BCUT2D eigenvalue weighted by Gasteiger charge is -2.30. The van der Waals surface area contributed by atoms with Crippen molar-refractivity contribution in [2.75, 3.05) is 24.5 Å². The van der Waals surface area contributed by atoms with Crippen LogP contribution >= 0.6 is 0 Å². The molecular formula is C20H26N4O. The molecule has 2 aromatic rings. The number of nitrogens with zero attached hydrogens (tertiary/aromatic N) is 2. The highest BCUT2D eigenvalue weighted by molar-refractivity contribution is 5.74. The van der Waals surface area contributed by atoms with E-state index in [0.717, 1.165) is 25.2 Å². The number of carbonyl (C=O) groups is 1. The lowest BCUT2D eigenvalue weighted by atomic mass is 10.1. The van der Waals surface area contributed by atoms with Gasteiger partial charge in [-0.1, -0.05) is 24.3 Å². The van der Waals surface area contributed by atoms with Gasteiger partial charge in [0.1, 0.15) is 0 Å². The Bertz CT molecular complexity index is 668. The Morgan fingerprint density at radius 1 is 1.00 bits per heavy atom. The monoisotopic (exact) mass is 338 g/mol. The van der Waals surface area contributed by atoms with Crippen molar-refractivity contribution in [2.45, 2.75) is 32.2 Å². The molecule has 25 heavy (non-hydrogen) atoms. The number of anilines is 1. The molecule has 1 aromatic heterocycles. The Balaban J connectivity index is 1.47. The van der Waals surface area contributed by atoms with Crippen LogP contribution in [0.2, 0.25) is 0 Å². The highest BCUT2D eigenvalue weighted by Gasteiger charge is 2.14. The maximum absolute atomic E-state index is 12.0. The lowest BCUT2D eigenvalue weighted by Crippen LogP contribution is -2.37. The third-order valence-electron chi connectivity index (χ3n) is 4.52. The molecule has 2 N–H and O–H groups in total. The summed E-state index contributed by atoms with van der Waals surface area (Å²) in [6, 6.07) is 14.0. The van der Waals surface area contributed by atoms with Gasteiger partial charge in [0.25, 0.3) is 0 Å². The number of hydrogen-bond donors (Lipinski definition) is 2. The summed E-state index contributed by atoms with van der Waals surface area (Å²) in [6.07, 6.45) is 6.31. The molecule has 2 amide bonds. The van der Waals surface area contributed by atoms with Crippen molar-refractivity contribution in [1.82, 2.24) is 15.6 Å². The molecule has 1 aliphatic rings. The van der Waals surface area contributed by atoms with Crippen molar-refractivity contribution in [1.29, 1.82) is 0 Å². The first-order chi connectivity index (χ1) is 12.3. The van der Waals surface area contributed by atoms with Gasteiger partial charge < -0.3 is 15.5 Å². The van der Waals surface area contributed by atoms with Gasteiger partial charge in [-0.05, 0) is 43.0 Å². The average molecular weight is 338 g/mol. The molecule has 1 aliphatic heterocycles. The molecule has 132 valence electrons. The van der Waals surface area contributed by atoms with Crippen molar-refractivity contribution < 1.29 is 4.79 Å². The Labute approximate surface area is 149 Å². The van der Waals surface area contributed by atoms with Crippen LogP contribution in [0.15, 0.2) is 48.7 Å². The van der Waals surface area contributed by atoms with Crippen LogP contribution in [0, 0.1) is 0 Å². The third kappa shape index (κ3) is 5.21.